The molecule has 0 aliphatic heterocycles. The van der Waals surface area contributed by atoms with Gasteiger partial charge in [0.2, 0.25) is 0 Å². The van der Waals surface area contributed by atoms with E-state index in [-0.39, 0.29) is 5.57 Å². The maximum Gasteiger partial charge on any atom is 0.338 e. The zero-order valence-electron chi connectivity index (χ0n) is 26.7. The number of carbonyl (C=O) groups is 3. The summed E-state index contributed by atoms with van der Waals surface area (Å²) in [5.74, 6) is -0.197. The predicted molar refractivity (Wildman–Crippen MR) is 183 cm³/mol. The summed E-state index contributed by atoms with van der Waals surface area (Å²) in [6.07, 6.45) is 0. The molecule has 0 aliphatic carbocycles. The molecule has 232 valence electrons. The van der Waals surface area contributed by atoms with Gasteiger partial charge in [0.1, 0.15) is 17.2 Å². The van der Waals surface area contributed by atoms with Crippen LogP contribution in [0, 0.1) is 0 Å². The Balaban J connectivity index is 1.62. The Morgan fingerprint density at radius 1 is 0.457 bits per heavy atom. The Morgan fingerprint density at radius 2 is 0.826 bits per heavy atom. The molecule has 0 atom stereocenters. The molecule has 0 amide bonds. The zero-order valence-corrected chi connectivity index (χ0v) is 26.7. The van der Waals surface area contributed by atoms with Crippen LogP contribution in [-0.4, -0.2) is 17.9 Å². The summed E-state index contributed by atoms with van der Waals surface area (Å²) in [5, 5.41) is 0. The van der Waals surface area contributed by atoms with Crippen LogP contribution in [0.2, 0.25) is 0 Å². The molecule has 0 saturated heterocycles. The number of carbonyl (C=O) groups excluding carboxylic acids is 3. The predicted octanol–water partition coefficient (Wildman–Crippen LogP) is 9.42. The minimum Gasteiger partial charge on any atom is -0.423 e. The van der Waals surface area contributed by atoms with Crippen LogP contribution >= 0.6 is 0 Å². The van der Waals surface area contributed by atoms with E-state index in [9.17, 15) is 14.4 Å². The first-order valence-corrected chi connectivity index (χ1v) is 14.6. The van der Waals surface area contributed by atoms with E-state index in [0.29, 0.717) is 28.4 Å². The van der Waals surface area contributed by atoms with Gasteiger partial charge >= 0.3 is 17.9 Å². The first-order chi connectivity index (χ1) is 21.8. The molecule has 46 heavy (non-hydrogen) atoms. The van der Waals surface area contributed by atoms with Gasteiger partial charge in [-0.1, -0.05) is 80.4 Å². The van der Waals surface area contributed by atoms with E-state index in [4.69, 9.17) is 14.2 Å². The Hall–Kier alpha value is -5.75. The van der Waals surface area contributed by atoms with Crippen molar-refractivity contribution in [2.75, 3.05) is 0 Å². The lowest BCUT2D eigenvalue weighted by Gasteiger charge is -2.16. The molecule has 4 rings (SSSR count). The summed E-state index contributed by atoms with van der Waals surface area (Å²) < 4.78 is 16.4. The summed E-state index contributed by atoms with van der Waals surface area (Å²) in [5.41, 5.74) is 8.33. The quantitative estimate of drug-likeness (QED) is 0.0768. The number of benzene rings is 4. The van der Waals surface area contributed by atoms with Crippen molar-refractivity contribution in [2.45, 2.75) is 34.6 Å². The van der Waals surface area contributed by atoms with Gasteiger partial charge in [-0.3, -0.25) is 0 Å². The number of rotatable bonds is 10. The smallest absolute Gasteiger partial charge is 0.338 e. The highest BCUT2D eigenvalue weighted by Crippen LogP contribution is 2.36. The summed E-state index contributed by atoms with van der Waals surface area (Å²) in [4.78, 5) is 36.3. The van der Waals surface area contributed by atoms with Crippen molar-refractivity contribution in [1.82, 2.24) is 0 Å². The number of allylic oxidation sites excluding steroid dienone is 2. The molecule has 0 bridgehead atoms. The molecule has 0 unspecified atom stereocenters. The Bertz CT molecular complexity index is 1870. The van der Waals surface area contributed by atoms with Crippen LogP contribution in [0.1, 0.15) is 45.7 Å². The molecular weight excluding hydrogens is 576 g/mol. The van der Waals surface area contributed by atoms with Gasteiger partial charge in [-0.15, -0.1) is 0 Å². The largest absolute Gasteiger partial charge is 0.423 e. The van der Waals surface area contributed by atoms with Gasteiger partial charge in [-0.25, -0.2) is 14.4 Å². The molecule has 6 heteroatoms. The monoisotopic (exact) mass is 612 g/mol. The number of ether oxygens (including phenoxy) is 3. The lowest BCUT2D eigenvalue weighted by molar-refractivity contribution is -0.130. The number of hydrogen-bond acceptors (Lipinski definition) is 6. The second-order valence-electron chi connectivity index (χ2n) is 11.1. The van der Waals surface area contributed by atoms with E-state index in [2.05, 4.69) is 19.7 Å². The average Bonchev–Trinajstić information content (AvgIpc) is 3.04. The summed E-state index contributed by atoms with van der Waals surface area (Å²) >= 11 is 0. The lowest BCUT2D eigenvalue weighted by atomic mass is 9.93. The third-order valence-electron chi connectivity index (χ3n) is 7.31. The molecule has 0 N–H and O–H groups in total. The topological polar surface area (TPSA) is 78.9 Å². The highest BCUT2D eigenvalue weighted by atomic mass is 16.5. The maximum absolute atomic E-state index is 12.6. The lowest BCUT2D eigenvalue weighted by Crippen LogP contribution is -2.10. The molecule has 0 aromatic heterocycles. The molecule has 6 nitrogen and oxygen atoms in total. The Kier molecular flexibility index (Phi) is 10.3. The normalized spacial score (nSPS) is 11.2. The highest BCUT2D eigenvalue weighted by molar-refractivity contribution is 5.94. The fourth-order valence-corrected chi connectivity index (χ4v) is 4.43. The minimum atomic E-state index is -0.518. The van der Waals surface area contributed by atoms with E-state index < -0.39 is 17.9 Å². The second kappa shape index (κ2) is 14.4. The van der Waals surface area contributed by atoms with Crippen LogP contribution < -0.4 is 14.2 Å². The fourth-order valence-electron chi connectivity index (χ4n) is 4.43. The molecule has 0 fully saturated rings. The molecular formula is C40H36O6. The summed E-state index contributed by atoms with van der Waals surface area (Å²) in [7, 11) is 0. The van der Waals surface area contributed by atoms with Gasteiger partial charge in [0.05, 0.1) is 0 Å². The molecule has 4 aromatic carbocycles. The van der Waals surface area contributed by atoms with Crippen molar-refractivity contribution in [3.63, 3.8) is 0 Å². The SMILES string of the molecule is C=C(C)C(=O)Oc1ccc(-c2ccc(/C(C)=C(\C)c3ccc(-c4ccc(OC(=O)C(=C)C)cc4)cc3OC(=O)C(=C)C)cc2)cc1. The van der Waals surface area contributed by atoms with Crippen LogP contribution in [0.15, 0.2) is 127 Å². The minimum absolute atomic E-state index is 0.288. The standard InChI is InChI=1S/C40H36O6/c1-24(2)38(41)44-34-18-13-31(14-19-34)30-11-9-29(10-12-30)27(7)28(8)36-22-17-33(23-37(36)46-40(43)26(5)6)32-15-20-35(21-16-32)45-39(42)25(3)4/h9-23H,1,3,5H2,2,4,6-8H3/b28-27+. The Labute approximate surface area is 270 Å². The summed E-state index contributed by atoms with van der Waals surface area (Å²) in [6.45, 7) is 19.8. The van der Waals surface area contributed by atoms with E-state index in [1.54, 1.807) is 45.0 Å². The van der Waals surface area contributed by atoms with Gasteiger partial charge in [-0.05, 0) is 104 Å². The molecule has 0 saturated carbocycles. The van der Waals surface area contributed by atoms with Crippen molar-refractivity contribution in [1.29, 1.82) is 0 Å². The van der Waals surface area contributed by atoms with Crippen molar-refractivity contribution in [3.8, 4) is 39.5 Å². The van der Waals surface area contributed by atoms with E-state index >= 15 is 0 Å². The van der Waals surface area contributed by atoms with Gasteiger partial charge in [0.25, 0.3) is 0 Å². The van der Waals surface area contributed by atoms with Gasteiger partial charge < -0.3 is 14.2 Å². The van der Waals surface area contributed by atoms with Crippen LogP contribution in [-0.2, 0) is 14.4 Å². The highest BCUT2D eigenvalue weighted by Gasteiger charge is 2.16. The van der Waals surface area contributed by atoms with Gasteiger partial charge in [-0.2, -0.15) is 0 Å². The zero-order chi connectivity index (χ0) is 33.5. The first kappa shape index (κ1) is 33.1. The first-order valence-electron chi connectivity index (χ1n) is 14.6. The van der Waals surface area contributed by atoms with Crippen LogP contribution in [0.4, 0.5) is 0 Å². The average molecular weight is 613 g/mol. The fraction of sp³-hybridized carbons (Fsp3) is 0.125. The van der Waals surface area contributed by atoms with Crippen LogP contribution in [0.3, 0.4) is 0 Å². The maximum atomic E-state index is 12.6. The third-order valence-corrected chi connectivity index (χ3v) is 7.31. The second-order valence-corrected chi connectivity index (χ2v) is 11.1. The molecule has 4 aromatic rings. The van der Waals surface area contributed by atoms with Crippen molar-refractivity contribution >= 4 is 29.1 Å². The molecule has 0 radical (unpaired) electrons. The van der Waals surface area contributed by atoms with Crippen molar-refractivity contribution < 1.29 is 28.6 Å². The third kappa shape index (κ3) is 8.04. The van der Waals surface area contributed by atoms with E-state index in [1.807, 2.05) is 80.6 Å². The van der Waals surface area contributed by atoms with Gasteiger partial charge in [0.15, 0.2) is 0 Å². The molecule has 0 heterocycles. The molecule has 0 aliphatic rings. The van der Waals surface area contributed by atoms with Crippen molar-refractivity contribution in [3.05, 3.63) is 139 Å². The van der Waals surface area contributed by atoms with Gasteiger partial charge in [0, 0.05) is 22.3 Å². The van der Waals surface area contributed by atoms with Crippen LogP contribution in [0.25, 0.3) is 33.4 Å². The summed E-state index contributed by atoms with van der Waals surface area (Å²) in [6, 6.07) is 28.2. The number of hydrogen-bond donors (Lipinski definition) is 0. The number of esters is 3. The molecule has 0 spiro atoms. The van der Waals surface area contributed by atoms with Crippen molar-refractivity contribution in [2.24, 2.45) is 0 Å². The van der Waals surface area contributed by atoms with E-state index in [1.165, 1.54) is 0 Å². The Morgan fingerprint density at radius 3 is 1.26 bits per heavy atom. The van der Waals surface area contributed by atoms with Crippen LogP contribution in [0.5, 0.6) is 17.2 Å². The van der Waals surface area contributed by atoms with E-state index in [0.717, 1.165) is 44.5 Å².